The molecule has 1 saturated heterocycles. The Kier molecular flexibility index (Phi) is 3.27. The van der Waals surface area contributed by atoms with Crippen LogP contribution in [0.1, 0.15) is 31.7 Å². The summed E-state index contributed by atoms with van der Waals surface area (Å²) < 4.78 is 0. The number of carbonyl (C=O) groups is 3. The summed E-state index contributed by atoms with van der Waals surface area (Å²) in [7, 11) is 0. The lowest BCUT2D eigenvalue weighted by Crippen LogP contribution is -2.60. The van der Waals surface area contributed by atoms with Gasteiger partial charge in [-0.1, -0.05) is 44.2 Å². The number of hydrogen-bond acceptors (Lipinski definition) is 3. The number of nitrogens with one attached hydrogen (secondary N) is 1. The number of amides is 4. The third-order valence-electron chi connectivity index (χ3n) is 4.22. The second-order valence-corrected chi connectivity index (χ2v) is 6.04. The van der Waals surface area contributed by atoms with E-state index in [1.165, 1.54) is 4.90 Å². The summed E-state index contributed by atoms with van der Waals surface area (Å²) in [5.41, 5.74) is 1.13. The maximum atomic E-state index is 12.5. The van der Waals surface area contributed by atoms with Gasteiger partial charge in [-0.2, -0.15) is 0 Å². The smallest absolute Gasteiger partial charge is 0.277 e. The molecule has 2 fully saturated rings. The van der Waals surface area contributed by atoms with Crippen molar-refractivity contribution in [3.05, 3.63) is 35.9 Å². The Morgan fingerprint density at radius 3 is 2.43 bits per heavy atom. The summed E-state index contributed by atoms with van der Waals surface area (Å²) in [6, 6.07) is 9.13. The first-order valence-electron chi connectivity index (χ1n) is 7.23. The Morgan fingerprint density at radius 1 is 1.14 bits per heavy atom. The predicted molar refractivity (Wildman–Crippen MR) is 76.3 cm³/mol. The number of nitrogens with zero attached hydrogens (tertiary/aromatic N) is 1. The van der Waals surface area contributed by atoms with E-state index in [1.54, 1.807) is 0 Å². The van der Waals surface area contributed by atoms with Crippen molar-refractivity contribution in [2.45, 2.75) is 32.2 Å². The third-order valence-corrected chi connectivity index (χ3v) is 4.22. The monoisotopic (exact) mass is 286 g/mol. The van der Waals surface area contributed by atoms with Crippen LogP contribution >= 0.6 is 0 Å². The molecule has 3 unspecified atom stereocenters. The summed E-state index contributed by atoms with van der Waals surface area (Å²) in [6.07, 6.45) is 0.766. The zero-order chi connectivity index (χ0) is 15.1. The quantitative estimate of drug-likeness (QED) is 0.863. The van der Waals surface area contributed by atoms with E-state index in [4.69, 9.17) is 0 Å². The zero-order valence-electron chi connectivity index (χ0n) is 12.1. The summed E-state index contributed by atoms with van der Waals surface area (Å²) in [5.74, 6) is -1.54. The summed E-state index contributed by atoms with van der Waals surface area (Å²) in [5, 5.41) is 2.31. The number of benzene rings is 1. The van der Waals surface area contributed by atoms with E-state index >= 15 is 0 Å². The van der Waals surface area contributed by atoms with Crippen LogP contribution in [-0.4, -0.2) is 28.8 Å². The maximum Gasteiger partial charge on any atom is 0.331 e. The molecule has 1 heterocycles. The van der Waals surface area contributed by atoms with Crippen LogP contribution in [0.2, 0.25) is 0 Å². The van der Waals surface area contributed by atoms with Crippen molar-refractivity contribution >= 4 is 17.8 Å². The Bertz CT molecular complexity index is 597. The van der Waals surface area contributed by atoms with E-state index in [9.17, 15) is 14.4 Å². The number of rotatable bonds is 3. The van der Waals surface area contributed by atoms with Crippen molar-refractivity contribution in [2.24, 2.45) is 11.8 Å². The molecule has 5 nitrogen and oxygen atoms in total. The van der Waals surface area contributed by atoms with Gasteiger partial charge in [0.25, 0.3) is 0 Å². The molecule has 0 bridgehead atoms. The van der Waals surface area contributed by atoms with E-state index in [0.29, 0.717) is 0 Å². The fourth-order valence-corrected chi connectivity index (χ4v) is 3.03. The molecule has 1 aromatic carbocycles. The second-order valence-electron chi connectivity index (χ2n) is 6.04. The van der Waals surface area contributed by atoms with Gasteiger partial charge < -0.3 is 0 Å². The molecule has 0 spiro atoms. The van der Waals surface area contributed by atoms with E-state index in [1.807, 2.05) is 44.2 Å². The van der Waals surface area contributed by atoms with Gasteiger partial charge in [0.1, 0.15) is 5.92 Å². The fraction of sp³-hybridized carbons (Fsp3) is 0.438. The van der Waals surface area contributed by atoms with Crippen molar-refractivity contribution < 1.29 is 14.4 Å². The number of barbiturate groups is 1. The molecule has 0 radical (unpaired) electrons. The molecule has 2 aliphatic rings. The largest absolute Gasteiger partial charge is 0.331 e. The molecule has 1 saturated carbocycles. The van der Waals surface area contributed by atoms with Crippen LogP contribution in [0.3, 0.4) is 0 Å². The minimum Gasteiger partial charge on any atom is -0.277 e. The highest BCUT2D eigenvalue weighted by atomic mass is 16.2. The molecule has 1 N–H and O–H groups in total. The minimum absolute atomic E-state index is 0.123. The minimum atomic E-state index is -0.764. The van der Waals surface area contributed by atoms with Gasteiger partial charge in [-0.25, -0.2) is 4.79 Å². The van der Waals surface area contributed by atoms with Gasteiger partial charge in [-0.05, 0) is 17.9 Å². The highest BCUT2D eigenvalue weighted by molar-refractivity contribution is 6.16. The lowest BCUT2D eigenvalue weighted by atomic mass is 9.92. The molecule has 3 atom stereocenters. The lowest BCUT2D eigenvalue weighted by Gasteiger charge is -2.32. The van der Waals surface area contributed by atoms with Crippen LogP contribution in [0.4, 0.5) is 4.79 Å². The van der Waals surface area contributed by atoms with Crippen molar-refractivity contribution in [3.63, 3.8) is 0 Å². The fourth-order valence-electron chi connectivity index (χ4n) is 3.03. The van der Waals surface area contributed by atoms with Crippen molar-refractivity contribution in [1.82, 2.24) is 10.2 Å². The van der Waals surface area contributed by atoms with E-state index in [0.717, 1.165) is 12.0 Å². The highest BCUT2D eigenvalue weighted by Crippen LogP contribution is 2.45. The molecular weight excluding hydrogens is 268 g/mol. The zero-order valence-corrected chi connectivity index (χ0v) is 12.1. The Labute approximate surface area is 123 Å². The summed E-state index contributed by atoms with van der Waals surface area (Å²) >= 11 is 0. The van der Waals surface area contributed by atoms with Gasteiger partial charge in [0.15, 0.2) is 0 Å². The van der Waals surface area contributed by atoms with Gasteiger partial charge in [0.2, 0.25) is 11.8 Å². The van der Waals surface area contributed by atoms with Gasteiger partial charge in [-0.3, -0.25) is 19.8 Å². The van der Waals surface area contributed by atoms with Gasteiger partial charge in [0, 0.05) is 12.0 Å². The average Bonchev–Trinajstić information content (AvgIpc) is 3.18. The highest BCUT2D eigenvalue weighted by Gasteiger charge is 2.52. The topological polar surface area (TPSA) is 66.5 Å². The number of carbonyl (C=O) groups excluding carboxylic acids is 3. The molecule has 1 aliphatic heterocycles. The van der Waals surface area contributed by atoms with Crippen LogP contribution in [0, 0.1) is 11.8 Å². The molecule has 1 aliphatic carbocycles. The summed E-state index contributed by atoms with van der Waals surface area (Å²) in [4.78, 5) is 37.6. The normalized spacial score (nSPS) is 28.8. The SMILES string of the molecule is CC(C)C1C(=O)NC(=O)N(C2CC2c2ccccc2)C1=O. The second kappa shape index (κ2) is 4.98. The van der Waals surface area contributed by atoms with Gasteiger partial charge in [0.05, 0.1) is 0 Å². The van der Waals surface area contributed by atoms with Gasteiger partial charge in [-0.15, -0.1) is 0 Å². The maximum absolute atomic E-state index is 12.5. The van der Waals surface area contributed by atoms with E-state index < -0.39 is 17.9 Å². The molecule has 4 amide bonds. The molecule has 3 rings (SSSR count). The van der Waals surface area contributed by atoms with Crippen molar-refractivity contribution in [2.75, 3.05) is 0 Å². The van der Waals surface area contributed by atoms with Crippen molar-refractivity contribution in [1.29, 1.82) is 0 Å². The number of imide groups is 2. The van der Waals surface area contributed by atoms with Crippen LogP contribution in [0.25, 0.3) is 0 Å². The Hall–Kier alpha value is -2.17. The lowest BCUT2D eigenvalue weighted by molar-refractivity contribution is -0.144. The first-order chi connectivity index (χ1) is 10.0. The van der Waals surface area contributed by atoms with Crippen LogP contribution in [-0.2, 0) is 9.59 Å². The molecule has 21 heavy (non-hydrogen) atoms. The predicted octanol–water partition coefficient (Wildman–Crippen LogP) is 1.89. The molecular formula is C16H18N2O3. The van der Waals surface area contributed by atoms with Gasteiger partial charge >= 0.3 is 6.03 Å². The standard InChI is InChI=1S/C16H18N2O3/c1-9(2)13-14(19)17-16(21)18(15(13)20)12-8-11(12)10-6-4-3-5-7-10/h3-7,9,11-13H,8H2,1-2H3,(H,17,19,21). The number of urea groups is 1. The number of hydrogen-bond donors (Lipinski definition) is 1. The van der Waals surface area contributed by atoms with E-state index in [-0.39, 0.29) is 23.8 Å². The van der Waals surface area contributed by atoms with Crippen LogP contribution < -0.4 is 5.32 Å². The molecule has 110 valence electrons. The van der Waals surface area contributed by atoms with Crippen LogP contribution in [0.15, 0.2) is 30.3 Å². The third kappa shape index (κ3) is 2.33. The first-order valence-corrected chi connectivity index (χ1v) is 7.23. The molecule has 0 aromatic heterocycles. The van der Waals surface area contributed by atoms with Crippen LogP contribution in [0.5, 0.6) is 0 Å². The Morgan fingerprint density at radius 2 is 1.81 bits per heavy atom. The van der Waals surface area contributed by atoms with Crippen molar-refractivity contribution in [3.8, 4) is 0 Å². The Balaban J connectivity index is 1.81. The summed E-state index contributed by atoms with van der Waals surface area (Å²) in [6.45, 7) is 3.63. The van der Waals surface area contributed by atoms with E-state index in [2.05, 4.69) is 5.32 Å². The average molecular weight is 286 g/mol. The molecule has 5 heteroatoms. The first kappa shape index (κ1) is 13.8. The molecule has 1 aromatic rings.